The van der Waals surface area contributed by atoms with Crippen molar-refractivity contribution >= 4 is 17.5 Å². The van der Waals surface area contributed by atoms with Crippen LogP contribution in [0.5, 0.6) is 0 Å². The molecule has 0 saturated carbocycles. The Morgan fingerprint density at radius 2 is 1.82 bits per heavy atom. The van der Waals surface area contributed by atoms with Crippen LogP contribution in [-0.2, 0) is 0 Å². The van der Waals surface area contributed by atoms with Crippen molar-refractivity contribution in [2.75, 3.05) is 0 Å². The summed E-state index contributed by atoms with van der Waals surface area (Å²) in [6.07, 6.45) is 1.57. The van der Waals surface area contributed by atoms with E-state index >= 15 is 0 Å². The minimum atomic E-state index is -0.738. The van der Waals surface area contributed by atoms with Gasteiger partial charge >= 0.3 is 0 Å². The maximum atomic E-state index is 11.9. The van der Waals surface area contributed by atoms with Crippen molar-refractivity contribution in [1.82, 2.24) is 4.57 Å². The largest absolute Gasteiger partial charge is 0.365 e. The minimum Gasteiger partial charge on any atom is -0.365 e. The number of nitrogens with two attached hydrogens (primary N) is 1. The van der Waals surface area contributed by atoms with Crippen LogP contribution in [0.1, 0.15) is 10.4 Å². The maximum Gasteiger partial charge on any atom is 0.267 e. The average Bonchev–Trinajstić information content (AvgIpc) is 2.30. The van der Waals surface area contributed by atoms with Gasteiger partial charge < -0.3 is 5.73 Å². The van der Waals surface area contributed by atoms with Crippen molar-refractivity contribution in [3.05, 3.63) is 63.5 Å². The molecular formula is C12H9ClN2O2. The van der Waals surface area contributed by atoms with E-state index in [0.717, 1.165) is 0 Å². The van der Waals surface area contributed by atoms with Gasteiger partial charge in [0.25, 0.3) is 11.5 Å². The Labute approximate surface area is 102 Å². The van der Waals surface area contributed by atoms with Crippen molar-refractivity contribution < 1.29 is 4.79 Å². The number of aromatic nitrogens is 1. The predicted molar refractivity (Wildman–Crippen MR) is 65.6 cm³/mol. The first-order valence-corrected chi connectivity index (χ1v) is 5.25. The molecular weight excluding hydrogens is 240 g/mol. The van der Waals surface area contributed by atoms with Crippen LogP contribution in [0, 0.1) is 0 Å². The van der Waals surface area contributed by atoms with Crippen molar-refractivity contribution in [1.29, 1.82) is 0 Å². The molecule has 17 heavy (non-hydrogen) atoms. The highest BCUT2D eigenvalue weighted by molar-refractivity contribution is 6.30. The highest BCUT2D eigenvalue weighted by Crippen LogP contribution is 2.11. The molecule has 1 aromatic carbocycles. The van der Waals surface area contributed by atoms with E-state index in [1.54, 1.807) is 36.5 Å². The van der Waals surface area contributed by atoms with Crippen molar-refractivity contribution in [2.24, 2.45) is 5.73 Å². The molecule has 0 bridgehead atoms. The van der Waals surface area contributed by atoms with Crippen LogP contribution in [0.4, 0.5) is 0 Å². The van der Waals surface area contributed by atoms with Crippen LogP contribution in [-0.4, -0.2) is 10.5 Å². The molecule has 2 rings (SSSR count). The highest BCUT2D eigenvalue weighted by atomic mass is 35.5. The molecule has 0 spiro atoms. The Morgan fingerprint density at radius 3 is 2.41 bits per heavy atom. The van der Waals surface area contributed by atoms with E-state index in [1.807, 2.05) is 0 Å². The zero-order valence-corrected chi connectivity index (χ0v) is 9.52. The number of rotatable bonds is 2. The van der Waals surface area contributed by atoms with Crippen molar-refractivity contribution in [2.45, 2.75) is 0 Å². The molecule has 1 amide bonds. The normalized spacial score (nSPS) is 10.2. The number of pyridine rings is 1. The number of nitrogens with zero attached hydrogens (tertiary/aromatic N) is 1. The first kappa shape index (κ1) is 11.4. The summed E-state index contributed by atoms with van der Waals surface area (Å²) in [6.45, 7) is 0. The van der Waals surface area contributed by atoms with Gasteiger partial charge in [0.05, 0.1) is 0 Å². The van der Waals surface area contributed by atoms with Gasteiger partial charge in [-0.2, -0.15) is 0 Å². The average molecular weight is 249 g/mol. The van der Waals surface area contributed by atoms with Crippen LogP contribution >= 0.6 is 11.6 Å². The summed E-state index contributed by atoms with van der Waals surface area (Å²) < 4.78 is 1.34. The number of primary amides is 1. The Balaban J connectivity index is 2.61. The molecule has 86 valence electrons. The number of carbonyl (C=O) groups excluding carboxylic acids is 1. The summed E-state index contributed by atoms with van der Waals surface area (Å²) in [5.74, 6) is -0.738. The summed E-state index contributed by atoms with van der Waals surface area (Å²) in [5.41, 5.74) is 5.26. The topological polar surface area (TPSA) is 65.1 Å². The van der Waals surface area contributed by atoms with Gasteiger partial charge in [0.2, 0.25) is 0 Å². The predicted octanol–water partition coefficient (Wildman–Crippen LogP) is 1.59. The Morgan fingerprint density at radius 1 is 1.18 bits per heavy atom. The van der Waals surface area contributed by atoms with E-state index in [2.05, 4.69) is 0 Å². The van der Waals surface area contributed by atoms with E-state index in [0.29, 0.717) is 10.7 Å². The third-order valence-electron chi connectivity index (χ3n) is 2.32. The number of benzene rings is 1. The summed E-state index contributed by atoms with van der Waals surface area (Å²) >= 11 is 5.76. The second kappa shape index (κ2) is 4.43. The molecule has 0 atom stereocenters. The van der Waals surface area contributed by atoms with Gasteiger partial charge in [-0.05, 0) is 36.4 Å². The van der Waals surface area contributed by atoms with Gasteiger partial charge in [0.1, 0.15) is 5.56 Å². The van der Waals surface area contributed by atoms with Gasteiger partial charge in [-0.3, -0.25) is 14.2 Å². The second-order valence-electron chi connectivity index (χ2n) is 3.44. The van der Waals surface area contributed by atoms with E-state index in [1.165, 1.54) is 10.6 Å². The van der Waals surface area contributed by atoms with Crippen LogP contribution in [0.2, 0.25) is 5.02 Å². The number of amides is 1. The lowest BCUT2D eigenvalue weighted by atomic mass is 10.2. The van der Waals surface area contributed by atoms with E-state index in [4.69, 9.17) is 17.3 Å². The molecule has 0 aliphatic rings. The van der Waals surface area contributed by atoms with E-state index in [-0.39, 0.29) is 5.56 Å². The maximum absolute atomic E-state index is 11.9. The molecule has 2 N–H and O–H groups in total. The summed E-state index contributed by atoms with van der Waals surface area (Å²) in [5, 5.41) is 0.577. The van der Waals surface area contributed by atoms with E-state index < -0.39 is 11.5 Å². The summed E-state index contributed by atoms with van der Waals surface area (Å²) in [7, 11) is 0. The molecule has 4 nitrogen and oxygen atoms in total. The molecule has 0 radical (unpaired) electrons. The van der Waals surface area contributed by atoms with Gasteiger partial charge in [-0.1, -0.05) is 11.6 Å². The number of halogens is 1. The zero-order valence-electron chi connectivity index (χ0n) is 8.76. The van der Waals surface area contributed by atoms with E-state index in [9.17, 15) is 9.59 Å². The second-order valence-corrected chi connectivity index (χ2v) is 3.87. The van der Waals surface area contributed by atoms with Crippen LogP contribution in [0.3, 0.4) is 0 Å². The Kier molecular flexibility index (Phi) is 2.97. The molecule has 0 saturated heterocycles. The fourth-order valence-corrected chi connectivity index (χ4v) is 1.61. The third-order valence-corrected chi connectivity index (χ3v) is 2.57. The molecule has 0 aliphatic heterocycles. The summed E-state index contributed by atoms with van der Waals surface area (Å²) in [4.78, 5) is 23.0. The molecule has 1 heterocycles. The summed E-state index contributed by atoms with van der Waals surface area (Å²) in [6, 6.07) is 9.71. The zero-order chi connectivity index (χ0) is 12.4. The fourth-order valence-electron chi connectivity index (χ4n) is 1.49. The number of carbonyl (C=O) groups is 1. The van der Waals surface area contributed by atoms with Crippen molar-refractivity contribution in [3.63, 3.8) is 0 Å². The molecule has 0 fully saturated rings. The SMILES string of the molecule is NC(=O)c1cccn(-c2ccc(Cl)cc2)c1=O. The minimum absolute atomic E-state index is 0.0394. The standard InChI is InChI=1S/C12H9ClN2O2/c13-8-3-5-9(6-4-8)15-7-1-2-10(11(14)16)12(15)17/h1-7H,(H2,14,16). The van der Waals surface area contributed by atoms with Crippen LogP contribution < -0.4 is 11.3 Å². The fraction of sp³-hybridized carbons (Fsp3) is 0. The molecule has 5 heteroatoms. The molecule has 0 unspecified atom stereocenters. The quantitative estimate of drug-likeness (QED) is 0.877. The molecule has 2 aromatic rings. The smallest absolute Gasteiger partial charge is 0.267 e. The molecule has 1 aromatic heterocycles. The van der Waals surface area contributed by atoms with Gasteiger partial charge in [0.15, 0.2) is 0 Å². The first-order valence-electron chi connectivity index (χ1n) is 4.87. The third kappa shape index (κ3) is 2.21. The van der Waals surface area contributed by atoms with Crippen LogP contribution in [0.15, 0.2) is 47.4 Å². The number of hydrogen-bond acceptors (Lipinski definition) is 2. The highest BCUT2D eigenvalue weighted by Gasteiger charge is 2.08. The lowest BCUT2D eigenvalue weighted by Crippen LogP contribution is -2.28. The monoisotopic (exact) mass is 248 g/mol. The number of hydrogen-bond donors (Lipinski definition) is 1. The molecule has 0 aliphatic carbocycles. The van der Waals surface area contributed by atoms with Gasteiger partial charge in [-0.25, -0.2) is 0 Å². The van der Waals surface area contributed by atoms with Crippen LogP contribution in [0.25, 0.3) is 5.69 Å². The Bertz CT molecular complexity index is 617. The van der Waals surface area contributed by atoms with Crippen molar-refractivity contribution in [3.8, 4) is 5.69 Å². The van der Waals surface area contributed by atoms with Gasteiger partial charge in [0, 0.05) is 16.9 Å². The van der Waals surface area contributed by atoms with Gasteiger partial charge in [-0.15, -0.1) is 0 Å². The first-order chi connectivity index (χ1) is 8.09. The lowest BCUT2D eigenvalue weighted by Gasteiger charge is -2.06. The Hall–Kier alpha value is -2.07. The lowest BCUT2D eigenvalue weighted by molar-refractivity contribution is 0.0998.